The summed E-state index contributed by atoms with van der Waals surface area (Å²) in [7, 11) is 0. The highest BCUT2D eigenvalue weighted by Crippen LogP contribution is 2.22. The first-order valence-electron chi connectivity index (χ1n) is 9.37. The van der Waals surface area contributed by atoms with Gasteiger partial charge in [0.05, 0.1) is 0 Å². The van der Waals surface area contributed by atoms with Gasteiger partial charge in [-0.1, -0.05) is 18.5 Å². The number of hydrogen-bond acceptors (Lipinski definition) is 7. The van der Waals surface area contributed by atoms with Gasteiger partial charge >= 0.3 is 0 Å². The van der Waals surface area contributed by atoms with Crippen LogP contribution in [0.25, 0.3) is 17.1 Å². The Morgan fingerprint density at radius 3 is 2.61 bits per heavy atom. The van der Waals surface area contributed by atoms with Gasteiger partial charge in [0, 0.05) is 16.3 Å². The summed E-state index contributed by atoms with van der Waals surface area (Å²) in [6.45, 7) is 3.47. The van der Waals surface area contributed by atoms with Crippen molar-refractivity contribution in [3.63, 3.8) is 0 Å². The molecule has 31 heavy (non-hydrogen) atoms. The summed E-state index contributed by atoms with van der Waals surface area (Å²) < 4.78 is 15.5. The number of nitrogens with one attached hydrogen (secondary N) is 1. The van der Waals surface area contributed by atoms with E-state index in [0.717, 1.165) is 5.56 Å². The average molecular weight is 442 g/mol. The predicted molar refractivity (Wildman–Crippen MR) is 110 cm³/mol. The molecule has 0 fully saturated rings. The molecule has 0 aliphatic heterocycles. The molecule has 0 radical (unpaired) electrons. The lowest BCUT2D eigenvalue weighted by Gasteiger charge is -2.14. The van der Waals surface area contributed by atoms with Crippen molar-refractivity contribution in [3.8, 4) is 17.1 Å². The van der Waals surface area contributed by atoms with E-state index < -0.39 is 11.9 Å². The van der Waals surface area contributed by atoms with Crippen LogP contribution in [0.3, 0.4) is 0 Å². The van der Waals surface area contributed by atoms with Crippen LogP contribution in [0.4, 0.5) is 10.1 Å². The Bertz CT molecular complexity index is 1220. The number of aryl methyl sites for hydroxylation is 1. The number of rotatable bonds is 6. The molecular formula is C19H17ClFN9O. The van der Waals surface area contributed by atoms with Gasteiger partial charge in [0.2, 0.25) is 5.82 Å². The summed E-state index contributed by atoms with van der Waals surface area (Å²) in [4.78, 5) is 14.1. The molecule has 4 aromatic rings. The Morgan fingerprint density at radius 2 is 1.94 bits per heavy atom. The van der Waals surface area contributed by atoms with E-state index in [-0.39, 0.29) is 11.6 Å². The second kappa shape index (κ2) is 8.56. The third-order valence-corrected chi connectivity index (χ3v) is 4.82. The number of benzene rings is 2. The predicted octanol–water partition coefficient (Wildman–Crippen LogP) is 3.01. The number of hydrogen-bond donors (Lipinski definition) is 1. The standard InChI is InChI=1S/C19H17ClFN9O/c1-3-16(30-25-18(24-27-30)12-4-6-13(20)7-5-12)19(31)22-14-8-9-15(21)17(10-14)29-11(2)23-26-28-29/h4-10,16H,3H2,1-2H3,(H,22,31). The maximum absolute atomic E-state index is 14.3. The number of nitrogens with zero attached hydrogens (tertiary/aromatic N) is 8. The van der Waals surface area contributed by atoms with Crippen LogP contribution >= 0.6 is 11.6 Å². The summed E-state index contributed by atoms with van der Waals surface area (Å²) in [6, 6.07) is 10.4. The number of halogens is 2. The second-order valence-electron chi connectivity index (χ2n) is 6.66. The molecule has 10 nitrogen and oxygen atoms in total. The first-order chi connectivity index (χ1) is 15.0. The molecule has 2 heterocycles. The minimum atomic E-state index is -0.711. The summed E-state index contributed by atoms with van der Waals surface area (Å²) in [5.74, 6) is -0.101. The lowest BCUT2D eigenvalue weighted by Crippen LogP contribution is -2.27. The lowest BCUT2D eigenvalue weighted by molar-refractivity contribution is -0.119. The van der Waals surface area contributed by atoms with Gasteiger partial charge in [0.15, 0.2) is 11.9 Å². The molecule has 4 rings (SSSR count). The maximum atomic E-state index is 14.3. The normalized spacial score (nSPS) is 12.0. The van der Waals surface area contributed by atoms with Crippen LogP contribution in [0, 0.1) is 12.7 Å². The maximum Gasteiger partial charge on any atom is 0.251 e. The van der Waals surface area contributed by atoms with Crippen molar-refractivity contribution >= 4 is 23.2 Å². The molecule has 1 atom stereocenters. The SMILES string of the molecule is CCC(C(=O)Nc1ccc(F)c(-n2nnnc2C)c1)n1nnc(-c2ccc(Cl)cc2)n1. The van der Waals surface area contributed by atoms with Gasteiger partial charge < -0.3 is 5.32 Å². The van der Waals surface area contributed by atoms with Crippen LogP contribution in [0.2, 0.25) is 5.02 Å². The minimum absolute atomic E-state index is 0.122. The zero-order valence-corrected chi connectivity index (χ0v) is 17.3. The number of aromatic nitrogens is 8. The quantitative estimate of drug-likeness (QED) is 0.488. The fourth-order valence-corrected chi connectivity index (χ4v) is 3.08. The number of tetrazole rings is 2. The Morgan fingerprint density at radius 1 is 1.16 bits per heavy atom. The summed E-state index contributed by atoms with van der Waals surface area (Å²) in [5, 5.41) is 26.8. The van der Waals surface area contributed by atoms with E-state index in [1.165, 1.54) is 27.7 Å². The third-order valence-electron chi connectivity index (χ3n) is 4.57. The van der Waals surface area contributed by atoms with Gasteiger partial charge in [-0.3, -0.25) is 4.79 Å². The smallest absolute Gasteiger partial charge is 0.251 e. The van der Waals surface area contributed by atoms with Gasteiger partial charge in [-0.25, -0.2) is 4.39 Å². The molecule has 1 N–H and O–H groups in total. The highest BCUT2D eigenvalue weighted by atomic mass is 35.5. The van der Waals surface area contributed by atoms with Crippen molar-refractivity contribution in [3.05, 3.63) is 59.1 Å². The van der Waals surface area contributed by atoms with Crippen molar-refractivity contribution in [2.24, 2.45) is 0 Å². The first kappa shape index (κ1) is 20.5. The molecule has 1 unspecified atom stereocenters. The van der Waals surface area contributed by atoms with Crippen molar-refractivity contribution in [2.45, 2.75) is 26.3 Å². The van der Waals surface area contributed by atoms with Gasteiger partial charge in [-0.05, 0) is 71.4 Å². The monoisotopic (exact) mass is 441 g/mol. The second-order valence-corrected chi connectivity index (χ2v) is 7.09. The topological polar surface area (TPSA) is 116 Å². The molecule has 12 heteroatoms. The molecular weight excluding hydrogens is 425 g/mol. The summed E-state index contributed by atoms with van der Waals surface area (Å²) >= 11 is 5.91. The van der Waals surface area contributed by atoms with Crippen molar-refractivity contribution in [1.29, 1.82) is 0 Å². The Balaban J connectivity index is 1.55. The highest BCUT2D eigenvalue weighted by molar-refractivity contribution is 6.30. The van der Waals surface area contributed by atoms with E-state index in [1.807, 2.05) is 6.92 Å². The van der Waals surface area contributed by atoms with Crippen molar-refractivity contribution in [1.82, 2.24) is 40.4 Å². The minimum Gasteiger partial charge on any atom is -0.324 e. The number of carbonyl (C=O) groups excluding carboxylic acids is 1. The summed E-state index contributed by atoms with van der Waals surface area (Å²) in [5.41, 5.74) is 1.23. The van der Waals surface area contributed by atoms with E-state index in [0.29, 0.717) is 28.8 Å². The van der Waals surface area contributed by atoms with Gasteiger partial charge in [-0.15, -0.1) is 15.3 Å². The van der Waals surface area contributed by atoms with Crippen molar-refractivity contribution < 1.29 is 9.18 Å². The van der Waals surface area contributed by atoms with Gasteiger partial charge in [0.1, 0.15) is 11.5 Å². The highest BCUT2D eigenvalue weighted by Gasteiger charge is 2.23. The Kier molecular flexibility index (Phi) is 5.67. The van der Waals surface area contributed by atoms with Crippen LogP contribution in [-0.4, -0.2) is 46.3 Å². The fraction of sp³-hybridized carbons (Fsp3) is 0.211. The molecule has 2 aromatic carbocycles. The molecule has 0 aliphatic carbocycles. The van der Waals surface area contributed by atoms with E-state index in [9.17, 15) is 9.18 Å². The molecule has 158 valence electrons. The molecule has 1 amide bonds. The molecule has 0 spiro atoms. The first-order valence-corrected chi connectivity index (χ1v) is 9.75. The number of carbonyl (C=O) groups is 1. The largest absolute Gasteiger partial charge is 0.324 e. The average Bonchev–Trinajstić information content (AvgIpc) is 3.40. The molecule has 0 bridgehead atoms. The van der Waals surface area contributed by atoms with Crippen LogP contribution in [0.15, 0.2) is 42.5 Å². The fourth-order valence-electron chi connectivity index (χ4n) is 2.96. The van der Waals surface area contributed by atoms with E-state index >= 15 is 0 Å². The molecule has 0 saturated heterocycles. The zero-order valence-electron chi connectivity index (χ0n) is 16.6. The molecule has 2 aromatic heterocycles. The van der Waals surface area contributed by atoms with Gasteiger partial charge in [0.25, 0.3) is 5.91 Å². The van der Waals surface area contributed by atoms with E-state index in [1.54, 1.807) is 31.2 Å². The zero-order chi connectivity index (χ0) is 22.0. The van der Waals surface area contributed by atoms with Crippen LogP contribution in [-0.2, 0) is 4.79 Å². The lowest BCUT2D eigenvalue weighted by atomic mass is 10.2. The number of anilines is 1. The van der Waals surface area contributed by atoms with E-state index in [2.05, 4.69) is 36.3 Å². The molecule has 0 saturated carbocycles. The Labute approximate surface area is 181 Å². The van der Waals surface area contributed by atoms with E-state index in [4.69, 9.17) is 11.6 Å². The van der Waals surface area contributed by atoms with Crippen LogP contribution in [0.1, 0.15) is 25.2 Å². The third kappa shape index (κ3) is 4.26. The molecule has 0 aliphatic rings. The Hall–Kier alpha value is -3.73. The van der Waals surface area contributed by atoms with Crippen molar-refractivity contribution in [2.75, 3.05) is 5.32 Å². The summed E-state index contributed by atoms with van der Waals surface area (Å²) in [6.07, 6.45) is 0.419. The number of amides is 1. The van der Waals surface area contributed by atoms with Crippen LogP contribution < -0.4 is 5.32 Å². The van der Waals surface area contributed by atoms with Crippen LogP contribution in [0.5, 0.6) is 0 Å². The van der Waals surface area contributed by atoms with Gasteiger partial charge in [-0.2, -0.15) is 9.48 Å².